The fraction of sp³-hybridized carbons (Fsp3) is 0.355. The Morgan fingerprint density at radius 1 is 1.14 bits per heavy atom. The Labute approximate surface area is 223 Å². The predicted octanol–water partition coefficient (Wildman–Crippen LogP) is 6.68. The molecule has 2 aromatic carbocycles. The number of likely N-dealkylation sites (tertiary alicyclic amines) is 1. The van der Waals surface area contributed by atoms with E-state index >= 15 is 0 Å². The van der Waals surface area contributed by atoms with Crippen LogP contribution in [0.5, 0.6) is 11.6 Å². The van der Waals surface area contributed by atoms with Gasteiger partial charge in [-0.1, -0.05) is 55.8 Å². The standard InChI is InChI=1S/C31H33ClN2O3/c1-21(2)29(35)26-7-3-9-28-27(26)20-22(25-8-4-16-33-30(25)37-28)6-5-17-34-18-14-31(36,15-19-34)23-10-12-24(32)13-11-23/h3-4,6-13,16,21,36H,5,14-15,17-20H2,1-2H3/b22-6-. The lowest BCUT2D eigenvalue weighted by Gasteiger charge is -2.38. The number of rotatable bonds is 6. The van der Waals surface area contributed by atoms with E-state index in [4.69, 9.17) is 16.3 Å². The summed E-state index contributed by atoms with van der Waals surface area (Å²) in [5.41, 5.74) is 3.89. The Bertz CT molecular complexity index is 1310. The van der Waals surface area contributed by atoms with Crippen molar-refractivity contribution in [3.05, 3.63) is 94.1 Å². The van der Waals surface area contributed by atoms with Gasteiger partial charge in [-0.3, -0.25) is 4.79 Å². The topological polar surface area (TPSA) is 62.7 Å². The van der Waals surface area contributed by atoms with Crippen molar-refractivity contribution in [3.63, 3.8) is 0 Å². The van der Waals surface area contributed by atoms with Crippen molar-refractivity contribution < 1.29 is 14.6 Å². The minimum Gasteiger partial charge on any atom is -0.438 e. The average molecular weight is 517 g/mol. The number of ketones is 1. The number of hydrogen-bond donors (Lipinski definition) is 1. The fourth-order valence-electron chi connectivity index (χ4n) is 5.29. The zero-order chi connectivity index (χ0) is 26.0. The number of fused-ring (bicyclic) bond motifs is 2. The molecule has 5 nitrogen and oxygen atoms in total. The third-order valence-electron chi connectivity index (χ3n) is 7.51. The number of benzene rings is 2. The van der Waals surface area contributed by atoms with Crippen molar-refractivity contribution in [1.82, 2.24) is 9.88 Å². The van der Waals surface area contributed by atoms with Crippen LogP contribution in [0.1, 0.15) is 60.2 Å². The molecule has 5 rings (SSSR count). The van der Waals surface area contributed by atoms with E-state index in [1.54, 1.807) is 6.20 Å². The number of aliphatic hydroxyl groups is 1. The van der Waals surface area contributed by atoms with E-state index in [-0.39, 0.29) is 11.7 Å². The third-order valence-corrected chi connectivity index (χ3v) is 7.77. The number of halogens is 1. The number of hydrogen-bond acceptors (Lipinski definition) is 5. The number of carbonyl (C=O) groups excluding carboxylic acids is 1. The van der Waals surface area contributed by atoms with Crippen LogP contribution < -0.4 is 4.74 Å². The van der Waals surface area contributed by atoms with E-state index < -0.39 is 5.60 Å². The first-order valence-corrected chi connectivity index (χ1v) is 13.4. The van der Waals surface area contributed by atoms with Crippen molar-refractivity contribution >= 4 is 23.0 Å². The van der Waals surface area contributed by atoms with Crippen LogP contribution in [0.3, 0.4) is 0 Å². The Balaban J connectivity index is 1.32. The summed E-state index contributed by atoms with van der Waals surface area (Å²) in [5.74, 6) is 1.31. The van der Waals surface area contributed by atoms with E-state index in [2.05, 4.69) is 16.0 Å². The van der Waals surface area contributed by atoms with Crippen molar-refractivity contribution in [1.29, 1.82) is 0 Å². The molecule has 1 fully saturated rings. The van der Waals surface area contributed by atoms with Gasteiger partial charge >= 0.3 is 0 Å². The Kier molecular flexibility index (Phi) is 7.47. The van der Waals surface area contributed by atoms with Crippen LogP contribution in [0, 0.1) is 5.92 Å². The first-order valence-electron chi connectivity index (χ1n) is 13.0. The number of nitrogens with zero attached hydrogens (tertiary/aromatic N) is 2. The second-order valence-electron chi connectivity index (χ2n) is 10.3. The summed E-state index contributed by atoms with van der Waals surface area (Å²) >= 11 is 6.02. The lowest BCUT2D eigenvalue weighted by Crippen LogP contribution is -2.42. The summed E-state index contributed by atoms with van der Waals surface area (Å²) in [7, 11) is 0. The van der Waals surface area contributed by atoms with Crippen LogP contribution in [0.25, 0.3) is 5.57 Å². The molecule has 3 aromatic rings. The van der Waals surface area contributed by atoms with Gasteiger partial charge in [-0.2, -0.15) is 0 Å². The zero-order valence-electron chi connectivity index (χ0n) is 21.4. The molecule has 0 radical (unpaired) electrons. The van der Waals surface area contributed by atoms with Crippen LogP contribution in [0.4, 0.5) is 0 Å². The van der Waals surface area contributed by atoms with Gasteiger partial charge in [0.25, 0.3) is 0 Å². The number of pyridine rings is 1. The van der Waals surface area contributed by atoms with Crippen molar-refractivity contribution in [3.8, 4) is 11.6 Å². The van der Waals surface area contributed by atoms with Gasteiger partial charge < -0.3 is 14.7 Å². The molecule has 6 heteroatoms. The Morgan fingerprint density at radius 2 is 1.89 bits per heavy atom. The van der Waals surface area contributed by atoms with E-state index in [0.29, 0.717) is 35.9 Å². The molecule has 0 atom stereocenters. The lowest BCUT2D eigenvalue weighted by atomic mass is 9.84. The number of allylic oxidation sites excluding steroid dienone is 1. The summed E-state index contributed by atoms with van der Waals surface area (Å²) in [6.07, 6.45) is 6.87. The van der Waals surface area contributed by atoms with Gasteiger partial charge in [0, 0.05) is 59.9 Å². The summed E-state index contributed by atoms with van der Waals surface area (Å²) in [4.78, 5) is 19.9. The molecule has 0 saturated carbocycles. The SMILES string of the molecule is CC(C)C(=O)c1cccc2c1C/C(=C/CCN1CCC(O)(c3ccc(Cl)cc3)CC1)c1cccnc1O2. The normalized spacial score (nSPS) is 18.1. The maximum atomic E-state index is 13.0. The van der Waals surface area contributed by atoms with Gasteiger partial charge in [-0.25, -0.2) is 4.98 Å². The van der Waals surface area contributed by atoms with Crippen LogP contribution in [-0.4, -0.2) is 40.4 Å². The first-order chi connectivity index (χ1) is 17.8. The first kappa shape index (κ1) is 25.7. The number of aromatic nitrogens is 1. The van der Waals surface area contributed by atoms with Gasteiger partial charge in [-0.15, -0.1) is 0 Å². The number of piperidine rings is 1. The van der Waals surface area contributed by atoms with Gasteiger partial charge in [0.15, 0.2) is 5.78 Å². The second kappa shape index (κ2) is 10.8. The molecule has 0 spiro atoms. The highest BCUT2D eigenvalue weighted by Gasteiger charge is 2.33. The summed E-state index contributed by atoms with van der Waals surface area (Å²) in [5, 5.41) is 11.9. The van der Waals surface area contributed by atoms with Gasteiger partial charge in [-0.05, 0) is 60.7 Å². The predicted molar refractivity (Wildman–Crippen MR) is 147 cm³/mol. The van der Waals surface area contributed by atoms with Crippen LogP contribution in [-0.2, 0) is 12.0 Å². The van der Waals surface area contributed by atoms with Crippen LogP contribution >= 0.6 is 11.6 Å². The molecule has 0 aliphatic carbocycles. The van der Waals surface area contributed by atoms with Crippen molar-refractivity contribution in [2.75, 3.05) is 19.6 Å². The monoisotopic (exact) mass is 516 g/mol. The number of ether oxygens (including phenoxy) is 1. The van der Waals surface area contributed by atoms with Crippen LogP contribution in [0.2, 0.25) is 5.02 Å². The molecular formula is C31H33ClN2O3. The quantitative estimate of drug-likeness (QED) is 0.370. The molecule has 0 bridgehead atoms. The molecule has 2 aliphatic rings. The lowest BCUT2D eigenvalue weighted by molar-refractivity contribution is -0.0254. The Hall–Kier alpha value is -2.99. The zero-order valence-corrected chi connectivity index (χ0v) is 22.2. The smallest absolute Gasteiger partial charge is 0.226 e. The van der Waals surface area contributed by atoms with Crippen molar-refractivity contribution in [2.24, 2.45) is 5.92 Å². The van der Waals surface area contributed by atoms with E-state index in [1.165, 1.54) is 0 Å². The molecule has 1 N–H and O–H groups in total. The van der Waals surface area contributed by atoms with E-state index in [9.17, 15) is 9.90 Å². The molecule has 2 aliphatic heterocycles. The van der Waals surface area contributed by atoms with E-state index in [1.807, 2.05) is 68.4 Å². The maximum absolute atomic E-state index is 13.0. The highest BCUT2D eigenvalue weighted by Crippen LogP contribution is 2.40. The van der Waals surface area contributed by atoms with Gasteiger partial charge in [0.05, 0.1) is 5.60 Å². The minimum absolute atomic E-state index is 0.0895. The molecular weight excluding hydrogens is 484 g/mol. The molecule has 0 amide bonds. The minimum atomic E-state index is -0.800. The molecule has 37 heavy (non-hydrogen) atoms. The summed E-state index contributed by atoms with van der Waals surface area (Å²) < 4.78 is 6.22. The van der Waals surface area contributed by atoms with E-state index in [0.717, 1.165) is 53.9 Å². The van der Waals surface area contributed by atoms with Crippen LogP contribution in [0.15, 0.2) is 66.9 Å². The second-order valence-corrected chi connectivity index (χ2v) is 10.8. The summed E-state index contributed by atoms with van der Waals surface area (Å²) in [6.45, 7) is 6.42. The molecule has 0 unspecified atom stereocenters. The largest absolute Gasteiger partial charge is 0.438 e. The molecule has 1 saturated heterocycles. The number of carbonyl (C=O) groups is 1. The molecule has 1 aromatic heterocycles. The third kappa shape index (κ3) is 5.49. The molecule has 192 valence electrons. The maximum Gasteiger partial charge on any atom is 0.226 e. The fourth-order valence-corrected chi connectivity index (χ4v) is 5.42. The summed E-state index contributed by atoms with van der Waals surface area (Å²) in [6, 6.07) is 17.2. The number of Topliss-reactive ketones (excluding diaryl/α,β-unsaturated/α-hetero) is 1. The highest BCUT2D eigenvalue weighted by molar-refractivity contribution is 6.30. The molecule has 3 heterocycles. The van der Waals surface area contributed by atoms with Gasteiger partial charge in [0.2, 0.25) is 5.88 Å². The van der Waals surface area contributed by atoms with Gasteiger partial charge in [0.1, 0.15) is 5.75 Å². The van der Waals surface area contributed by atoms with Crippen molar-refractivity contribution in [2.45, 2.75) is 45.1 Å². The Morgan fingerprint density at radius 3 is 2.62 bits per heavy atom. The highest BCUT2D eigenvalue weighted by atomic mass is 35.5. The average Bonchev–Trinajstić information content (AvgIpc) is 3.06.